The second-order valence-electron chi connectivity index (χ2n) is 4.03. The van der Waals surface area contributed by atoms with Gasteiger partial charge in [0.2, 0.25) is 0 Å². The van der Waals surface area contributed by atoms with Crippen LogP contribution < -0.4 is 5.73 Å². The van der Waals surface area contributed by atoms with E-state index in [-0.39, 0.29) is 0 Å². The zero-order valence-electron chi connectivity index (χ0n) is 10.1. The van der Waals surface area contributed by atoms with Crippen molar-refractivity contribution < 1.29 is 0 Å². The number of thiophene rings is 1. The molecule has 0 aliphatic heterocycles. The number of nitrogen functional groups attached to an aromatic ring is 1. The van der Waals surface area contributed by atoms with E-state index in [1.165, 1.54) is 0 Å². The molecule has 0 atom stereocenters. The van der Waals surface area contributed by atoms with Crippen LogP contribution >= 0.6 is 46.3 Å². The van der Waals surface area contributed by atoms with Gasteiger partial charge in [0.1, 0.15) is 16.5 Å². The molecule has 0 bridgehead atoms. The predicted octanol–water partition coefficient (Wildman–Crippen LogP) is 4.87. The number of anilines is 1. The van der Waals surface area contributed by atoms with Gasteiger partial charge in [-0.3, -0.25) is 0 Å². The van der Waals surface area contributed by atoms with Crippen LogP contribution in [0.2, 0.25) is 10.0 Å². The number of hydrogen-bond donors (Lipinski definition) is 1. The number of halogens is 2. The molecule has 2 N–H and O–H groups in total. The van der Waals surface area contributed by atoms with Crippen molar-refractivity contribution in [3.05, 3.63) is 45.5 Å². The van der Waals surface area contributed by atoms with Crippen LogP contribution in [0, 0.1) is 0 Å². The van der Waals surface area contributed by atoms with Crippen LogP contribution in [-0.2, 0) is 5.75 Å². The van der Waals surface area contributed by atoms with Gasteiger partial charge in [0.15, 0.2) is 0 Å². The van der Waals surface area contributed by atoms with Crippen molar-refractivity contribution in [1.29, 1.82) is 0 Å². The Labute approximate surface area is 134 Å². The average molecular weight is 342 g/mol. The highest BCUT2D eigenvalue weighted by Crippen LogP contribution is 2.32. The summed E-state index contributed by atoms with van der Waals surface area (Å²) in [4.78, 5) is 10.6. The minimum absolute atomic E-state index is 0.518. The lowest BCUT2D eigenvalue weighted by molar-refractivity contribution is 1.08. The Bertz CT molecular complexity index is 773. The standard InChI is InChI=1S/C13H9Cl2N3S2/c14-7-1-2-9(15)10(5-7)20-6-11-17-12(16)8-3-4-19-13(8)18-11/h1-5H,6H2,(H2,16,17,18). The minimum Gasteiger partial charge on any atom is -0.383 e. The van der Waals surface area contributed by atoms with Gasteiger partial charge in [-0.25, -0.2) is 9.97 Å². The fourth-order valence-electron chi connectivity index (χ4n) is 1.72. The van der Waals surface area contributed by atoms with Gasteiger partial charge in [-0.05, 0) is 29.6 Å². The first-order chi connectivity index (χ1) is 9.63. The minimum atomic E-state index is 0.518. The third-order valence-corrected chi connectivity index (χ3v) is 5.19. The molecule has 0 radical (unpaired) electrons. The van der Waals surface area contributed by atoms with Crippen LogP contribution in [0.3, 0.4) is 0 Å². The summed E-state index contributed by atoms with van der Waals surface area (Å²) in [5.74, 6) is 1.81. The molecule has 3 nitrogen and oxygen atoms in total. The molecule has 2 heterocycles. The molecular weight excluding hydrogens is 333 g/mol. The summed E-state index contributed by atoms with van der Waals surface area (Å²) >= 11 is 15.2. The Hall–Kier alpha value is -1.01. The summed E-state index contributed by atoms with van der Waals surface area (Å²) in [6, 6.07) is 7.31. The summed E-state index contributed by atoms with van der Waals surface area (Å²) in [5, 5.41) is 4.20. The highest BCUT2D eigenvalue weighted by Gasteiger charge is 2.08. The van der Waals surface area contributed by atoms with E-state index in [9.17, 15) is 0 Å². The Morgan fingerprint density at radius 2 is 2.05 bits per heavy atom. The van der Waals surface area contributed by atoms with Crippen molar-refractivity contribution in [3.8, 4) is 0 Å². The van der Waals surface area contributed by atoms with Crippen LogP contribution in [0.15, 0.2) is 34.5 Å². The lowest BCUT2D eigenvalue weighted by Crippen LogP contribution is -1.98. The first kappa shape index (κ1) is 13.9. The molecule has 7 heteroatoms. The summed E-state index contributed by atoms with van der Waals surface area (Å²) in [5.41, 5.74) is 5.92. The molecule has 0 saturated carbocycles. The second kappa shape index (κ2) is 5.77. The molecular formula is C13H9Cl2N3S2. The largest absolute Gasteiger partial charge is 0.383 e. The second-order valence-corrected chi connectivity index (χ2v) is 6.78. The third-order valence-electron chi connectivity index (χ3n) is 2.65. The number of nitrogens with zero attached hydrogens (tertiary/aromatic N) is 2. The molecule has 0 aliphatic rings. The van der Waals surface area contributed by atoms with Crippen molar-refractivity contribution in [2.45, 2.75) is 10.6 Å². The predicted molar refractivity (Wildman–Crippen MR) is 87.9 cm³/mol. The van der Waals surface area contributed by atoms with E-state index in [0.29, 0.717) is 27.4 Å². The van der Waals surface area contributed by atoms with Crippen LogP contribution in [0.1, 0.15) is 5.82 Å². The SMILES string of the molecule is Nc1nc(CSc2cc(Cl)ccc2Cl)nc2sccc12. The molecule has 0 amide bonds. The molecule has 1 aromatic carbocycles. The van der Waals surface area contributed by atoms with Gasteiger partial charge in [0.05, 0.1) is 16.2 Å². The van der Waals surface area contributed by atoms with Crippen molar-refractivity contribution in [2.24, 2.45) is 0 Å². The maximum absolute atomic E-state index is 6.13. The molecule has 0 unspecified atom stereocenters. The number of hydrogen-bond acceptors (Lipinski definition) is 5. The molecule has 0 saturated heterocycles. The van der Waals surface area contributed by atoms with E-state index >= 15 is 0 Å². The van der Waals surface area contributed by atoms with Crippen molar-refractivity contribution >= 4 is 62.3 Å². The van der Waals surface area contributed by atoms with Crippen molar-refractivity contribution in [1.82, 2.24) is 9.97 Å². The molecule has 3 rings (SSSR count). The topological polar surface area (TPSA) is 51.8 Å². The number of fused-ring (bicyclic) bond motifs is 1. The zero-order chi connectivity index (χ0) is 14.1. The van der Waals surface area contributed by atoms with Gasteiger partial charge < -0.3 is 5.73 Å². The van der Waals surface area contributed by atoms with Gasteiger partial charge in [-0.2, -0.15) is 0 Å². The van der Waals surface area contributed by atoms with Gasteiger partial charge in [-0.1, -0.05) is 23.2 Å². The van der Waals surface area contributed by atoms with Gasteiger partial charge in [-0.15, -0.1) is 23.1 Å². The number of nitrogens with two attached hydrogens (primary N) is 1. The fraction of sp³-hybridized carbons (Fsp3) is 0.0769. The number of rotatable bonds is 3. The monoisotopic (exact) mass is 341 g/mol. The maximum atomic E-state index is 6.13. The van der Waals surface area contributed by atoms with Crippen LogP contribution in [-0.4, -0.2) is 9.97 Å². The average Bonchev–Trinajstić information content (AvgIpc) is 2.89. The molecule has 0 aliphatic carbocycles. The molecule has 3 aromatic rings. The van der Waals surface area contributed by atoms with E-state index in [0.717, 1.165) is 15.1 Å². The number of aromatic nitrogens is 2. The van der Waals surface area contributed by atoms with E-state index in [4.69, 9.17) is 28.9 Å². The molecule has 102 valence electrons. The normalized spacial score (nSPS) is 11.1. The van der Waals surface area contributed by atoms with E-state index in [1.54, 1.807) is 35.2 Å². The van der Waals surface area contributed by atoms with Crippen LogP contribution in [0.4, 0.5) is 5.82 Å². The fourth-order valence-corrected chi connectivity index (χ4v) is 3.86. The first-order valence-corrected chi connectivity index (χ1v) is 8.33. The van der Waals surface area contributed by atoms with E-state index in [1.807, 2.05) is 17.5 Å². The summed E-state index contributed by atoms with van der Waals surface area (Å²) in [6.45, 7) is 0. The van der Waals surface area contributed by atoms with E-state index < -0.39 is 0 Å². The Morgan fingerprint density at radius 3 is 2.90 bits per heavy atom. The molecule has 0 spiro atoms. The Kier molecular flexibility index (Phi) is 4.03. The third kappa shape index (κ3) is 2.86. The van der Waals surface area contributed by atoms with Crippen molar-refractivity contribution in [2.75, 3.05) is 5.73 Å². The van der Waals surface area contributed by atoms with Crippen LogP contribution in [0.5, 0.6) is 0 Å². The number of benzene rings is 1. The lowest BCUT2D eigenvalue weighted by atomic mass is 10.4. The summed E-state index contributed by atoms with van der Waals surface area (Å²) in [6.07, 6.45) is 0. The molecule has 2 aromatic heterocycles. The smallest absolute Gasteiger partial charge is 0.142 e. The van der Waals surface area contributed by atoms with Gasteiger partial charge in [0.25, 0.3) is 0 Å². The highest BCUT2D eigenvalue weighted by atomic mass is 35.5. The molecule has 0 fully saturated rings. The summed E-state index contributed by atoms with van der Waals surface area (Å²) < 4.78 is 0. The van der Waals surface area contributed by atoms with Crippen molar-refractivity contribution in [3.63, 3.8) is 0 Å². The highest BCUT2D eigenvalue weighted by molar-refractivity contribution is 7.98. The molecule has 20 heavy (non-hydrogen) atoms. The van der Waals surface area contributed by atoms with E-state index in [2.05, 4.69) is 9.97 Å². The maximum Gasteiger partial charge on any atom is 0.142 e. The Morgan fingerprint density at radius 1 is 1.20 bits per heavy atom. The number of thioether (sulfide) groups is 1. The summed E-state index contributed by atoms with van der Waals surface area (Å²) in [7, 11) is 0. The lowest BCUT2D eigenvalue weighted by Gasteiger charge is -2.05. The van der Waals surface area contributed by atoms with Gasteiger partial charge >= 0.3 is 0 Å². The van der Waals surface area contributed by atoms with Gasteiger partial charge in [0, 0.05) is 9.92 Å². The first-order valence-electron chi connectivity index (χ1n) is 5.71. The van der Waals surface area contributed by atoms with Crippen LogP contribution in [0.25, 0.3) is 10.2 Å². The Balaban J connectivity index is 1.84. The zero-order valence-corrected chi connectivity index (χ0v) is 13.3. The quantitative estimate of drug-likeness (QED) is 0.690.